The van der Waals surface area contributed by atoms with Crippen LogP contribution in [0.3, 0.4) is 0 Å². The van der Waals surface area contributed by atoms with Crippen molar-refractivity contribution in [2.24, 2.45) is 0 Å². The molecule has 4 aromatic rings. The highest BCUT2D eigenvalue weighted by atomic mass is 19.4. The summed E-state index contributed by atoms with van der Waals surface area (Å²) in [4.78, 5) is 28.0. The van der Waals surface area contributed by atoms with E-state index in [0.29, 0.717) is 52.9 Å². The monoisotopic (exact) mass is 637 g/mol. The number of aliphatic hydroxyl groups is 1. The van der Waals surface area contributed by atoms with E-state index in [4.69, 9.17) is 14.5 Å². The molecule has 1 amide bonds. The van der Waals surface area contributed by atoms with Gasteiger partial charge in [0.25, 0.3) is 0 Å². The van der Waals surface area contributed by atoms with Crippen molar-refractivity contribution >= 4 is 22.8 Å². The van der Waals surface area contributed by atoms with Crippen LogP contribution in [0.15, 0.2) is 60.9 Å². The number of fused-ring (bicyclic) bond motifs is 1. The first-order valence-electron chi connectivity index (χ1n) is 15.3. The first-order chi connectivity index (χ1) is 21.8. The molecule has 2 N–H and O–H groups in total. The number of aromatic nitrogens is 3. The zero-order valence-electron chi connectivity index (χ0n) is 26.3. The molecule has 0 spiro atoms. The largest absolute Gasteiger partial charge is 0.444 e. The van der Waals surface area contributed by atoms with Gasteiger partial charge in [0.05, 0.1) is 11.3 Å². The summed E-state index contributed by atoms with van der Waals surface area (Å²) in [6, 6.07) is 14.4. The molecular weight excluding hydrogens is 599 g/mol. The number of carbonyl (C=O) groups is 1. The maximum absolute atomic E-state index is 12.9. The maximum Gasteiger partial charge on any atom is 0.414 e. The number of halogens is 3. The molecule has 2 atom stereocenters. The fourth-order valence-corrected chi connectivity index (χ4v) is 5.43. The van der Waals surface area contributed by atoms with Gasteiger partial charge in [0.1, 0.15) is 17.5 Å². The van der Waals surface area contributed by atoms with Crippen LogP contribution in [-0.2, 0) is 11.2 Å². The number of nitrogens with one attached hydrogen (secondary N) is 1. The SMILES string of the molecule is Cc1ccc2c(CC[C@H](O)C(F)(F)F)cccc2c1Oc1ncccc1-c1ccnc(N[C@H]2CCCN(C(=O)OC(C)(C)C)C2)n1. The number of aliphatic hydroxyl groups excluding tert-OH is 1. The van der Waals surface area contributed by atoms with E-state index in [-0.39, 0.29) is 18.6 Å². The third-order valence-corrected chi connectivity index (χ3v) is 7.67. The molecule has 9 nitrogen and oxygen atoms in total. The first-order valence-corrected chi connectivity index (χ1v) is 15.3. The van der Waals surface area contributed by atoms with Crippen molar-refractivity contribution < 1.29 is 32.5 Å². The van der Waals surface area contributed by atoms with Crippen LogP contribution in [0.5, 0.6) is 11.6 Å². The standard InChI is InChI=1S/C34H38F3N5O4/c1-21-12-14-24-22(13-15-28(43)34(35,36)37)8-5-10-25(24)29(21)45-30-26(11-6-17-38-30)27-16-18-39-31(41-27)40-23-9-7-19-42(20-23)32(44)46-33(2,3)4/h5-6,8,10-12,14,16-18,23,28,43H,7,9,13,15,19-20H2,1-4H3,(H,39,40,41)/t23-,28-/m0/s1. The summed E-state index contributed by atoms with van der Waals surface area (Å²) in [7, 11) is 0. The molecule has 5 rings (SSSR count). The summed E-state index contributed by atoms with van der Waals surface area (Å²) >= 11 is 0. The third kappa shape index (κ3) is 8.03. The average molecular weight is 638 g/mol. The van der Waals surface area contributed by atoms with Crippen molar-refractivity contribution in [2.45, 2.75) is 77.3 Å². The normalized spacial score (nSPS) is 16.3. The molecule has 2 aromatic carbocycles. The maximum atomic E-state index is 12.9. The number of carbonyl (C=O) groups excluding carboxylic acids is 1. The van der Waals surface area contributed by atoms with Gasteiger partial charge in [-0.3, -0.25) is 0 Å². The van der Waals surface area contributed by atoms with Crippen molar-refractivity contribution in [1.82, 2.24) is 19.9 Å². The lowest BCUT2D eigenvalue weighted by Gasteiger charge is -2.34. The number of rotatable bonds is 8. The number of pyridine rings is 1. The van der Waals surface area contributed by atoms with E-state index in [1.165, 1.54) is 0 Å². The molecule has 0 saturated carbocycles. The number of hydrogen-bond acceptors (Lipinski definition) is 8. The molecule has 3 heterocycles. The van der Waals surface area contributed by atoms with Gasteiger partial charge < -0.3 is 24.8 Å². The second-order valence-corrected chi connectivity index (χ2v) is 12.5. The summed E-state index contributed by atoms with van der Waals surface area (Å²) in [6.07, 6.45) is -2.91. The number of amides is 1. The fraction of sp³-hybridized carbons (Fsp3) is 0.412. The highest BCUT2D eigenvalue weighted by Crippen LogP contribution is 2.38. The second-order valence-electron chi connectivity index (χ2n) is 12.5. The smallest absolute Gasteiger partial charge is 0.414 e. The van der Waals surface area contributed by atoms with Crippen LogP contribution >= 0.6 is 0 Å². The Morgan fingerprint density at radius 3 is 2.63 bits per heavy atom. The van der Waals surface area contributed by atoms with Gasteiger partial charge in [-0.05, 0) is 88.1 Å². The summed E-state index contributed by atoms with van der Waals surface area (Å²) in [5.41, 5.74) is 2.10. The molecule has 12 heteroatoms. The van der Waals surface area contributed by atoms with Gasteiger partial charge in [0, 0.05) is 36.9 Å². The molecule has 46 heavy (non-hydrogen) atoms. The summed E-state index contributed by atoms with van der Waals surface area (Å²) in [5.74, 6) is 1.22. The number of anilines is 1. The van der Waals surface area contributed by atoms with Gasteiger partial charge in [-0.25, -0.2) is 19.7 Å². The molecule has 0 bridgehead atoms. The van der Waals surface area contributed by atoms with Gasteiger partial charge >= 0.3 is 12.3 Å². The average Bonchev–Trinajstić information content (AvgIpc) is 3.00. The van der Waals surface area contributed by atoms with Gasteiger partial charge in [-0.2, -0.15) is 13.2 Å². The number of hydrogen-bond donors (Lipinski definition) is 2. The highest BCUT2D eigenvalue weighted by molar-refractivity contribution is 5.92. The molecule has 244 valence electrons. The molecule has 2 aromatic heterocycles. The lowest BCUT2D eigenvalue weighted by Crippen LogP contribution is -2.47. The van der Waals surface area contributed by atoms with Crippen molar-refractivity contribution in [1.29, 1.82) is 0 Å². The highest BCUT2D eigenvalue weighted by Gasteiger charge is 2.37. The Hall–Kier alpha value is -4.45. The molecule has 1 aliphatic rings. The van der Waals surface area contributed by atoms with Crippen molar-refractivity contribution in [3.05, 3.63) is 72.1 Å². The molecule has 1 fully saturated rings. The van der Waals surface area contributed by atoms with Crippen LogP contribution in [0.4, 0.5) is 23.9 Å². The lowest BCUT2D eigenvalue weighted by atomic mass is 9.97. The second kappa shape index (κ2) is 13.5. The summed E-state index contributed by atoms with van der Waals surface area (Å²) in [6.45, 7) is 8.49. The predicted octanol–water partition coefficient (Wildman–Crippen LogP) is 7.46. The van der Waals surface area contributed by atoms with Crippen LogP contribution in [0.25, 0.3) is 22.0 Å². The number of piperidine rings is 1. The molecule has 0 radical (unpaired) electrons. The van der Waals surface area contributed by atoms with Crippen molar-refractivity contribution in [2.75, 3.05) is 18.4 Å². The van der Waals surface area contributed by atoms with Crippen LogP contribution in [-0.4, -0.2) is 68.1 Å². The van der Waals surface area contributed by atoms with E-state index in [2.05, 4.69) is 15.3 Å². The quantitative estimate of drug-likeness (QED) is 0.205. The Labute approximate surface area is 265 Å². The first kappa shape index (κ1) is 32.9. The predicted molar refractivity (Wildman–Crippen MR) is 169 cm³/mol. The van der Waals surface area contributed by atoms with E-state index in [1.54, 1.807) is 41.6 Å². The van der Waals surface area contributed by atoms with Gasteiger partial charge in [0.15, 0.2) is 0 Å². The van der Waals surface area contributed by atoms with Crippen LogP contribution < -0.4 is 10.1 Å². The number of aryl methyl sites for hydroxylation is 2. The molecule has 0 aliphatic carbocycles. The van der Waals surface area contributed by atoms with E-state index < -0.39 is 24.3 Å². The van der Waals surface area contributed by atoms with E-state index in [0.717, 1.165) is 23.8 Å². The number of likely N-dealkylation sites (tertiary alicyclic amines) is 1. The minimum Gasteiger partial charge on any atom is -0.444 e. The van der Waals surface area contributed by atoms with Crippen LogP contribution in [0.1, 0.15) is 51.2 Å². The van der Waals surface area contributed by atoms with Gasteiger partial charge in [0.2, 0.25) is 11.8 Å². The molecular formula is C34H38F3N5O4. The van der Waals surface area contributed by atoms with E-state index in [1.807, 2.05) is 52.0 Å². The topological polar surface area (TPSA) is 110 Å². The van der Waals surface area contributed by atoms with E-state index in [9.17, 15) is 23.1 Å². The number of alkyl halides is 3. The Balaban J connectivity index is 1.37. The summed E-state index contributed by atoms with van der Waals surface area (Å²) < 4.78 is 50.8. The third-order valence-electron chi connectivity index (χ3n) is 7.67. The Morgan fingerprint density at radius 2 is 1.87 bits per heavy atom. The Kier molecular flexibility index (Phi) is 9.66. The van der Waals surface area contributed by atoms with Crippen LogP contribution in [0, 0.1) is 6.92 Å². The summed E-state index contributed by atoms with van der Waals surface area (Å²) in [5, 5.41) is 14.3. The van der Waals surface area contributed by atoms with Crippen LogP contribution in [0.2, 0.25) is 0 Å². The zero-order chi connectivity index (χ0) is 33.1. The fourth-order valence-electron chi connectivity index (χ4n) is 5.43. The molecule has 1 saturated heterocycles. The number of benzene rings is 2. The van der Waals surface area contributed by atoms with E-state index >= 15 is 0 Å². The minimum absolute atomic E-state index is 0.0442. The minimum atomic E-state index is -4.67. The lowest BCUT2D eigenvalue weighted by molar-refractivity contribution is -0.205. The Morgan fingerprint density at radius 1 is 1.07 bits per heavy atom. The van der Waals surface area contributed by atoms with Gasteiger partial charge in [-0.1, -0.05) is 30.3 Å². The molecule has 0 unspecified atom stereocenters. The van der Waals surface area contributed by atoms with Crippen molar-refractivity contribution in [3.63, 3.8) is 0 Å². The molecule has 1 aliphatic heterocycles. The van der Waals surface area contributed by atoms with Crippen molar-refractivity contribution in [3.8, 4) is 22.9 Å². The Bertz CT molecular complexity index is 1690. The van der Waals surface area contributed by atoms with Gasteiger partial charge in [-0.15, -0.1) is 0 Å². The number of nitrogens with zero attached hydrogens (tertiary/aromatic N) is 4. The zero-order valence-corrected chi connectivity index (χ0v) is 26.3. The number of ether oxygens (including phenoxy) is 2.